The van der Waals surface area contributed by atoms with Crippen LogP contribution in [0.15, 0.2) is 42.9 Å². The molecule has 3 aromatic heterocycles. The number of anilines is 1. The second kappa shape index (κ2) is 6.72. The molecule has 142 valence electrons. The van der Waals surface area contributed by atoms with Crippen LogP contribution < -0.4 is 4.90 Å². The molecule has 4 aromatic rings. The predicted molar refractivity (Wildman–Crippen MR) is 107 cm³/mol. The summed E-state index contributed by atoms with van der Waals surface area (Å²) in [5, 5.41) is 15.7. The van der Waals surface area contributed by atoms with Gasteiger partial charge in [-0.3, -0.25) is 10.2 Å². The first-order valence-electron chi connectivity index (χ1n) is 9.38. The number of fused-ring (bicyclic) bond motifs is 1. The summed E-state index contributed by atoms with van der Waals surface area (Å²) < 4.78 is 5.84. The van der Waals surface area contributed by atoms with Gasteiger partial charge in [-0.15, -0.1) is 0 Å². The summed E-state index contributed by atoms with van der Waals surface area (Å²) in [5.74, 6) is 0.896. The molecule has 1 unspecified atom stereocenters. The van der Waals surface area contributed by atoms with Gasteiger partial charge in [0.1, 0.15) is 17.8 Å². The highest BCUT2D eigenvalue weighted by Crippen LogP contribution is 2.30. The second-order valence-electron chi connectivity index (χ2n) is 7.23. The normalized spacial score (nSPS) is 20.0. The van der Waals surface area contributed by atoms with Crippen LogP contribution in [0.4, 0.5) is 5.82 Å². The van der Waals surface area contributed by atoms with E-state index in [1.165, 1.54) is 0 Å². The Kier molecular flexibility index (Phi) is 4.05. The van der Waals surface area contributed by atoms with E-state index in [-0.39, 0.29) is 12.2 Å². The number of nitrogens with zero attached hydrogens (tertiary/aromatic N) is 5. The lowest BCUT2D eigenvalue weighted by Crippen LogP contribution is -2.45. The van der Waals surface area contributed by atoms with Crippen LogP contribution in [0, 0.1) is 0 Å². The zero-order chi connectivity index (χ0) is 19.1. The molecule has 0 spiro atoms. The third kappa shape index (κ3) is 3.01. The molecule has 4 heterocycles. The molecule has 0 amide bonds. The maximum absolute atomic E-state index is 5.84. The van der Waals surface area contributed by atoms with E-state index >= 15 is 0 Å². The first-order chi connectivity index (χ1) is 13.7. The van der Waals surface area contributed by atoms with Gasteiger partial charge in [-0.25, -0.2) is 9.97 Å². The minimum absolute atomic E-state index is 0.172. The average molecular weight is 375 g/mol. The Balaban J connectivity index is 1.54. The van der Waals surface area contributed by atoms with Gasteiger partial charge in [0.25, 0.3) is 0 Å². The Morgan fingerprint density at radius 2 is 1.89 bits per heavy atom. The molecule has 1 aromatic carbocycles. The molecule has 1 aliphatic rings. The fraction of sp³-hybridized carbons (Fsp3) is 0.300. The molecule has 1 aliphatic heterocycles. The van der Waals surface area contributed by atoms with E-state index in [2.05, 4.69) is 55.2 Å². The number of rotatable bonds is 3. The summed E-state index contributed by atoms with van der Waals surface area (Å²) in [7, 11) is 0. The zero-order valence-electron chi connectivity index (χ0n) is 15.8. The van der Waals surface area contributed by atoms with Gasteiger partial charge in [0, 0.05) is 36.3 Å². The van der Waals surface area contributed by atoms with Gasteiger partial charge in [0.15, 0.2) is 0 Å². The Morgan fingerprint density at radius 3 is 2.68 bits per heavy atom. The summed E-state index contributed by atoms with van der Waals surface area (Å²) in [6, 6.07) is 10.1. The van der Waals surface area contributed by atoms with Crippen LogP contribution in [0.3, 0.4) is 0 Å². The summed E-state index contributed by atoms with van der Waals surface area (Å²) in [6.07, 6.45) is 3.70. The van der Waals surface area contributed by atoms with E-state index in [0.29, 0.717) is 0 Å². The van der Waals surface area contributed by atoms with E-state index in [4.69, 9.17) is 4.74 Å². The number of aromatic nitrogens is 6. The lowest BCUT2D eigenvalue weighted by Gasteiger charge is -2.36. The Labute approximate surface area is 162 Å². The number of aromatic amines is 2. The highest BCUT2D eigenvalue weighted by molar-refractivity contribution is 5.94. The van der Waals surface area contributed by atoms with Crippen molar-refractivity contribution in [1.82, 2.24) is 30.4 Å². The quantitative estimate of drug-likeness (QED) is 0.571. The van der Waals surface area contributed by atoms with Gasteiger partial charge in [-0.2, -0.15) is 10.2 Å². The molecule has 2 atom stereocenters. The number of hydrogen-bond acceptors (Lipinski definition) is 6. The van der Waals surface area contributed by atoms with Crippen molar-refractivity contribution in [2.45, 2.75) is 26.1 Å². The molecule has 5 rings (SSSR count). The Hall–Kier alpha value is -3.26. The fourth-order valence-corrected chi connectivity index (χ4v) is 3.81. The number of nitrogens with one attached hydrogen (secondary N) is 2. The maximum Gasteiger partial charge on any atom is 0.132 e. The third-order valence-electron chi connectivity index (χ3n) is 5.01. The molecule has 0 bridgehead atoms. The van der Waals surface area contributed by atoms with Gasteiger partial charge >= 0.3 is 0 Å². The average Bonchev–Trinajstić information content (AvgIpc) is 3.37. The topological polar surface area (TPSA) is 95.6 Å². The summed E-state index contributed by atoms with van der Waals surface area (Å²) >= 11 is 0. The smallest absolute Gasteiger partial charge is 0.132 e. The van der Waals surface area contributed by atoms with Crippen molar-refractivity contribution in [3.63, 3.8) is 0 Å². The molecule has 0 radical (unpaired) electrons. The van der Waals surface area contributed by atoms with Crippen molar-refractivity contribution < 1.29 is 4.74 Å². The Bertz CT molecular complexity index is 1090. The van der Waals surface area contributed by atoms with Crippen molar-refractivity contribution in [1.29, 1.82) is 0 Å². The van der Waals surface area contributed by atoms with Crippen molar-refractivity contribution in [2.24, 2.45) is 0 Å². The first kappa shape index (κ1) is 16.9. The summed E-state index contributed by atoms with van der Waals surface area (Å²) in [4.78, 5) is 11.2. The van der Waals surface area contributed by atoms with Crippen molar-refractivity contribution in [2.75, 3.05) is 18.0 Å². The molecular formula is C20H21N7O. The number of hydrogen-bond donors (Lipinski definition) is 2. The van der Waals surface area contributed by atoms with E-state index in [0.717, 1.165) is 52.5 Å². The monoisotopic (exact) mass is 375 g/mol. The van der Waals surface area contributed by atoms with E-state index in [9.17, 15) is 0 Å². The lowest BCUT2D eigenvalue weighted by atomic mass is 10.1. The highest BCUT2D eigenvalue weighted by atomic mass is 16.5. The molecule has 8 heteroatoms. The first-order valence-corrected chi connectivity index (χ1v) is 9.38. The summed E-state index contributed by atoms with van der Waals surface area (Å²) in [5.41, 5.74) is 4.60. The highest BCUT2D eigenvalue weighted by Gasteiger charge is 2.24. The fourth-order valence-electron chi connectivity index (χ4n) is 3.81. The van der Waals surface area contributed by atoms with Crippen LogP contribution in [-0.2, 0) is 4.74 Å². The number of ether oxygens (including phenoxy) is 1. The molecule has 0 aliphatic carbocycles. The van der Waals surface area contributed by atoms with E-state index in [1.807, 2.05) is 24.3 Å². The largest absolute Gasteiger partial charge is 0.372 e. The van der Waals surface area contributed by atoms with E-state index < -0.39 is 0 Å². The molecule has 2 N–H and O–H groups in total. The minimum atomic E-state index is 0.172. The standard InChI is InChI=1S/C20H21N7O/c1-12-9-27(10-13(2)28-12)19-8-18(21-11-22-19)20-15-7-14(16-5-6-23-24-16)3-4-17(15)25-26-20/h3-8,11-13H,9-10H2,1-2H3,(H,23,24)(H,25,26)/t12-,13?/m1/s1. The number of H-pyrrole nitrogens is 2. The molecular weight excluding hydrogens is 354 g/mol. The van der Waals surface area contributed by atoms with Crippen LogP contribution >= 0.6 is 0 Å². The SMILES string of the molecule is CC1CN(c2cc(-c3n[nH]c4ccc(-c5ccn[nH]5)cc34)ncn2)C[C@@H](C)O1. The van der Waals surface area contributed by atoms with Crippen LogP contribution in [0.25, 0.3) is 33.5 Å². The second-order valence-corrected chi connectivity index (χ2v) is 7.23. The van der Waals surface area contributed by atoms with Crippen LogP contribution in [-0.4, -0.2) is 55.7 Å². The lowest BCUT2D eigenvalue weighted by molar-refractivity contribution is -0.00546. The van der Waals surface area contributed by atoms with Crippen LogP contribution in [0.1, 0.15) is 13.8 Å². The molecule has 0 saturated carbocycles. The molecule has 8 nitrogen and oxygen atoms in total. The van der Waals surface area contributed by atoms with Gasteiger partial charge in [0.2, 0.25) is 0 Å². The third-order valence-corrected chi connectivity index (χ3v) is 5.01. The van der Waals surface area contributed by atoms with Crippen LogP contribution in [0.2, 0.25) is 0 Å². The molecule has 28 heavy (non-hydrogen) atoms. The summed E-state index contributed by atoms with van der Waals surface area (Å²) in [6.45, 7) is 5.80. The zero-order valence-corrected chi connectivity index (χ0v) is 15.8. The van der Waals surface area contributed by atoms with Gasteiger partial charge in [0.05, 0.1) is 29.1 Å². The van der Waals surface area contributed by atoms with Crippen molar-refractivity contribution in [3.8, 4) is 22.6 Å². The maximum atomic E-state index is 5.84. The van der Waals surface area contributed by atoms with Crippen LogP contribution in [0.5, 0.6) is 0 Å². The van der Waals surface area contributed by atoms with Crippen molar-refractivity contribution >= 4 is 16.7 Å². The van der Waals surface area contributed by atoms with Gasteiger partial charge < -0.3 is 9.64 Å². The molecule has 1 saturated heterocycles. The van der Waals surface area contributed by atoms with E-state index in [1.54, 1.807) is 12.5 Å². The van der Waals surface area contributed by atoms with Gasteiger partial charge in [-0.05, 0) is 32.0 Å². The Morgan fingerprint density at radius 1 is 1.04 bits per heavy atom. The molecule has 1 fully saturated rings. The van der Waals surface area contributed by atoms with Gasteiger partial charge in [-0.1, -0.05) is 6.07 Å². The minimum Gasteiger partial charge on any atom is -0.372 e. The van der Waals surface area contributed by atoms with Crippen molar-refractivity contribution in [3.05, 3.63) is 42.9 Å². The number of benzene rings is 1. The number of morpholine rings is 1. The predicted octanol–water partition coefficient (Wildman–Crippen LogP) is 3.02.